The molecule has 0 radical (unpaired) electrons. The first-order valence-corrected chi connectivity index (χ1v) is 11.4. The Balaban J connectivity index is 1.57. The molecule has 0 fully saturated rings. The van der Waals surface area contributed by atoms with Crippen molar-refractivity contribution in [2.75, 3.05) is 0 Å². The lowest BCUT2D eigenvalue weighted by Crippen LogP contribution is -1.98. The Morgan fingerprint density at radius 3 is 2.44 bits per heavy atom. The van der Waals surface area contributed by atoms with E-state index in [2.05, 4.69) is 77.4 Å². The van der Waals surface area contributed by atoms with Crippen LogP contribution in [0.5, 0.6) is 0 Å². The monoisotopic (exact) mass is 427 g/mol. The minimum absolute atomic E-state index is 0.903. The van der Waals surface area contributed by atoms with Gasteiger partial charge in [-0.1, -0.05) is 54.6 Å². The number of pyridine rings is 2. The van der Waals surface area contributed by atoms with E-state index >= 15 is 0 Å². The van der Waals surface area contributed by atoms with Crippen LogP contribution in [0.1, 0.15) is 0 Å². The van der Waals surface area contributed by atoms with E-state index in [1.165, 1.54) is 20.2 Å². The summed E-state index contributed by atoms with van der Waals surface area (Å²) in [5.41, 5.74) is 5.29. The van der Waals surface area contributed by atoms with Gasteiger partial charge in [-0.3, -0.25) is 9.55 Å². The number of hydrogen-bond acceptors (Lipinski definition) is 3. The zero-order valence-corrected chi connectivity index (χ0v) is 17.9. The molecule has 150 valence electrons. The number of thiophene rings is 1. The lowest BCUT2D eigenvalue weighted by atomic mass is 10.1. The van der Waals surface area contributed by atoms with Crippen LogP contribution in [0, 0.1) is 0 Å². The van der Waals surface area contributed by atoms with Gasteiger partial charge >= 0.3 is 0 Å². The van der Waals surface area contributed by atoms with Gasteiger partial charge in [0.2, 0.25) is 0 Å². The summed E-state index contributed by atoms with van der Waals surface area (Å²) in [5.74, 6) is 0.903. The maximum absolute atomic E-state index is 5.05. The van der Waals surface area contributed by atoms with Gasteiger partial charge in [-0.05, 0) is 42.5 Å². The van der Waals surface area contributed by atoms with E-state index < -0.39 is 0 Å². The Labute approximate surface area is 188 Å². The zero-order valence-electron chi connectivity index (χ0n) is 17.1. The van der Waals surface area contributed by atoms with Gasteiger partial charge in [0, 0.05) is 37.3 Å². The van der Waals surface area contributed by atoms with E-state index in [0.29, 0.717) is 0 Å². The Morgan fingerprint density at radius 1 is 0.625 bits per heavy atom. The van der Waals surface area contributed by atoms with E-state index in [1.807, 2.05) is 41.8 Å². The van der Waals surface area contributed by atoms with Crippen molar-refractivity contribution in [1.29, 1.82) is 0 Å². The summed E-state index contributed by atoms with van der Waals surface area (Å²) in [6.45, 7) is 0. The molecule has 0 atom stereocenters. The lowest BCUT2D eigenvalue weighted by Gasteiger charge is -2.09. The van der Waals surface area contributed by atoms with Crippen LogP contribution in [0.25, 0.3) is 59.2 Å². The Kier molecular flexibility index (Phi) is 3.72. The molecule has 7 rings (SSSR count). The van der Waals surface area contributed by atoms with Crippen LogP contribution in [-0.4, -0.2) is 14.5 Å². The van der Waals surface area contributed by atoms with Crippen molar-refractivity contribution in [3.05, 3.63) is 103 Å². The average Bonchev–Trinajstić information content (AvgIpc) is 3.38. The number of fused-ring (bicyclic) bond motifs is 6. The second-order valence-electron chi connectivity index (χ2n) is 7.92. The predicted octanol–water partition coefficient (Wildman–Crippen LogP) is 7.61. The van der Waals surface area contributed by atoms with E-state index in [4.69, 9.17) is 9.97 Å². The molecule has 4 heteroatoms. The molecule has 0 aliphatic carbocycles. The maximum Gasteiger partial charge on any atom is 0.138 e. The summed E-state index contributed by atoms with van der Waals surface area (Å²) >= 11 is 1.84. The quantitative estimate of drug-likeness (QED) is 0.284. The first kappa shape index (κ1) is 17.6. The Hall–Kier alpha value is -4.02. The first-order chi connectivity index (χ1) is 15.9. The fourth-order valence-corrected chi connectivity index (χ4v) is 5.74. The number of hydrogen-bond donors (Lipinski definition) is 0. The molecular weight excluding hydrogens is 410 g/mol. The van der Waals surface area contributed by atoms with E-state index in [-0.39, 0.29) is 0 Å². The fraction of sp³-hybridized carbons (Fsp3) is 0. The third kappa shape index (κ3) is 2.53. The second-order valence-corrected chi connectivity index (χ2v) is 9.00. The molecule has 7 aromatic rings. The molecule has 0 saturated carbocycles. The van der Waals surface area contributed by atoms with Crippen LogP contribution in [0.2, 0.25) is 0 Å². The van der Waals surface area contributed by atoms with Gasteiger partial charge in [0.05, 0.1) is 22.2 Å². The number of nitrogens with zero attached hydrogens (tertiary/aromatic N) is 3. The van der Waals surface area contributed by atoms with E-state index in [1.54, 1.807) is 0 Å². The van der Waals surface area contributed by atoms with Crippen LogP contribution in [0.4, 0.5) is 0 Å². The molecule has 0 spiro atoms. The summed E-state index contributed by atoms with van der Waals surface area (Å²) in [7, 11) is 0. The summed E-state index contributed by atoms with van der Waals surface area (Å²) in [6, 6.07) is 33.9. The molecule has 0 aliphatic heterocycles. The van der Waals surface area contributed by atoms with Gasteiger partial charge in [-0.2, -0.15) is 0 Å². The Morgan fingerprint density at radius 2 is 1.50 bits per heavy atom. The molecule has 3 nitrogen and oxygen atoms in total. The number of aromatic nitrogens is 3. The molecule has 4 heterocycles. The van der Waals surface area contributed by atoms with Gasteiger partial charge in [0.25, 0.3) is 0 Å². The molecule has 0 unspecified atom stereocenters. The molecule has 0 N–H and O–H groups in total. The second kappa shape index (κ2) is 6.74. The maximum atomic E-state index is 5.05. The SMILES string of the molecule is c1ccc(-c2cccc(-n3c4cc5sc6ccccc6c5cc4c4ncccc43)n2)cc1. The van der Waals surface area contributed by atoms with Crippen LogP contribution >= 0.6 is 11.3 Å². The van der Waals surface area contributed by atoms with Gasteiger partial charge < -0.3 is 0 Å². The zero-order chi connectivity index (χ0) is 21.1. The van der Waals surface area contributed by atoms with Gasteiger partial charge in [0.15, 0.2) is 0 Å². The molecule has 3 aromatic carbocycles. The molecule has 4 aromatic heterocycles. The van der Waals surface area contributed by atoms with E-state index in [9.17, 15) is 0 Å². The highest BCUT2D eigenvalue weighted by Gasteiger charge is 2.17. The van der Waals surface area contributed by atoms with Gasteiger partial charge in [-0.25, -0.2) is 4.98 Å². The molecular formula is C28H17N3S. The topological polar surface area (TPSA) is 30.7 Å². The predicted molar refractivity (Wildman–Crippen MR) is 135 cm³/mol. The number of rotatable bonds is 2. The fourth-order valence-electron chi connectivity index (χ4n) is 4.61. The summed E-state index contributed by atoms with van der Waals surface area (Å²) in [4.78, 5) is 9.81. The minimum Gasteiger partial charge on any atom is -0.292 e. The van der Waals surface area contributed by atoms with E-state index in [0.717, 1.165) is 39.0 Å². The van der Waals surface area contributed by atoms with Crippen LogP contribution in [0.15, 0.2) is 103 Å². The average molecular weight is 428 g/mol. The molecule has 0 saturated heterocycles. The van der Waals surface area contributed by atoms with Crippen LogP contribution < -0.4 is 0 Å². The van der Waals surface area contributed by atoms with Crippen LogP contribution in [0.3, 0.4) is 0 Å². The standard InChI is InChI=1S/C28H17N3S/c1-2-8-18(9-3-1)22-11-6-14-27(30-22)31-23-12-7-15-29-28(23)21-16-20-19-10-4-5-13-25(19)32-26(20)17-24(21)31/h1-17H. The van der Waals surface area contributed by atoms with Crippen molar-refractivity contribution in [2.45, 2.75) is 0 Å². The first-order valence-electron chi connectivity index (χ1n) is 10.6. The number of benzene rings is 3. The highest BCUT2D eigenvalue weighted by atomic mass is 32.1. The molecule has 32 heavy (non-hydrogen) atoms. The molecule has 0 aliphatic rings. The third-order valence-corrected chi connectivity index (χ3v) is 7.19. The van der Waals surface area contributed by atoms with Crippen molar-refractivity contribution < 1.29 is 0 Å². The summed E-state index contributed by atoms with van der Waals surface area (Å²) in [6.07, 6.45) is 1.87. The van der Waals surface area contributed by atoms with Crippen molar-refractivity contribution >= 4 is 53.4 Å². The van der Waals surface area contributed by atoms with Crippen molar-refractivity contribution in [3.8, 4) is 17.1 Å². The highest BCUT2D eigenvalue weighted by Crippen LogP contribution is 2.39. The lowest BCUT2D eigenvalue weighted by molar-refractivity contribution is 1.08. The molecule has 0 bridgehead atoms. The minimum atomic E-state index is 0.903. The van der Waals surface area contributed by atoms with Gasteiger partial charge in [-0.15, -0.1) is 11.3 Å². The highest BCUT2D eigenvalue weighted by molar-refractivity contribution is 7.25. The van der Waals surface area contributed by atoms with Gasteiger partial charge in [0.1, 0.15) is 5.82 Å². The Bertz CT molecular complexity index is 1780. The summed E-state index contributed by atoms with van der Waals surface area (Å²) < 4.78 is 4.83. The smallest absolute Gasteiger partial charge is 0.138 e. The largest absolute Gasteiger partial charge is 0.292 e. The van der Waals surface area contributed by atoms with Crippen molar-refractivity contribution in [2.24, 2.45) is 0 Å². The normalized spacial score (nSPS) is 11.8. The third-order valence-electron chi connectivity index (χ3n) is 6.05. The summed E-state index contributed by atoms with van der Waals surface area (Å²) in [5, 5.41) is 3.74. The van der Waals surface area contributed by atoms with Crippen LogP contribution in [-0.2, 0) is 0 Å². The van der Waals surface area contributed by atoms with Crippen molar-refractivity contribution in [1.82, 2.24) is 14.5 Å². The van der Waals surface area contributed by atoms with Crippen molar-refractivity contribution in [3.63, 3.8) is 0 Å². The molecule has 0 amide bonds.